The predicted molar refractivity (Wildman–Crippen MR) is 91.8 cm³/mol. The van der Waals surface area contributed by atoms with Crippen LogP contribution in [0.1, 0.15) is 30.7 Å². The molecule has 128 valence electrons. The monoisotopic (exact) mass is 327 g/mol. The number of morpholine rings is 1. The number of rotatable bonds is 5. The Morgan fingerprint density at radius 2 is 2.12 bits per heavy atom. The third-order valence-corrected chi connectivity index (χ3v) is 5.20. The summed E-state index contributed by atoms with van der Waals surface area (Å²) in [6.45, 7) is 3.41. The van der Waals surface area contributed by atoms with Gasteiger partial charge in [-0.1, -0.05) is 12.1 Å². The minimum Gasteiger partial charge on any atom is -0.486 e. The van der Waals surface area contributed by atoms with E-state index >= 15 is 0 Å². The highest BCUT2D eigenvalue weighted by atomic mass is 16.5. The Balaban J connectivity index is 1.34. The Bertz CT molecular complexity index is 668. The molecule has 2 atom stereocenters. The molecular weight excluding hydrogens is 302 g/mol. The molecule has 5 heteroatoms. The van der Waals surface area contributed by atoms with E-state index < -0.39 is 0 Å². The van der Waals surface area contributed by atoms with Crippen molar-refractivity contribution in [2.45, 2.75) is 44.6 Å². The number of aromatic nitrogens is 2. The minimum atomic E-state index is 0.458. The summed E-state index contributed by atoms with van der Waals surface area (Å²) in [6, 6.07) is 9.08. The molecule has 1 saturated carbocycles. The molecule has 1 aliphatic carbocycles. The zero-order valence-corrected chi connectivity index (χ0v) is 14.2. The fourth-order valence-corrected chi connectivity index (χ4v) is 3.81. The summed E-state index contributed by atoms with van der Waals surface area (Å²) < 4.78 is 13.7. The first-order chi connectivity index (χ1) is 11.8. The molecule has 0 N–H and O–H groups in total. The highest BCUT2D eigenvalue weighted by molar-refractivity contribution is 5.27. The average molecular weight is 327 g/mol. The number of fused-ring (bicyclic) bond motifs is 1. The van der Waals surface area contributed by atoms with Gasteiger partial charge in [0.05, 0.1) is 12.7 Å². The second-order valence-corrected chi connectivity index (χ2v) is 6.76. The normalized spacial score (nSPS) is 24.0. The van der Waals surface area contributed by atoms with Crippen LogP contribution in [-0.2, 0) is 24.9 Å². The summed E-state index contributed by atoms with van der Waals surface area (Å²) >= 11 is 0. The maximum absolute atomic E-state index is 5.90. The Morgan fingerprint density at radius 1 is 1.25 bits per heavy atom. The van der Waals surface area contributed by atoms with Crippen LogP contribution in [0.15, 0.2) is 36.7 Å². The molecule has 4 rings (SSSR count). The summed E-state index contributed by atoms with van der Waals surface area (Å²) in [7, 11) is 1.98. The highest BCUT2D eigenvalue weighted by Crippen LogP contribution is 2.30. The number of ether oxygens (including phenoxy) is 2. The molecule has 2 aliphatic rings. The third kappa shape index (κ3) is 3.32. The number of hydrogen-bond acceptors (Lipinski definition) is 4. The van der Waals surface area contributed by atoms with Gasteiger partial charge in [0, 0.05) is 38.6 Å². The van der Waals surface area contributed by atoms with E-state index in [0.717, 1.165) is 31.3 Å². The Kier molecular flexibility index (Phi) is 4.54. The zero-order valence-electron chi connectivity index (χ0n) is 14.2. The van der Waals surface area contributed by atoms with E-state index in [2.05, 4.69) is 34.1 Å². The molecule has 5 nitrogen and oxygen atoms in total. The second-order valence-electron chi connectivity index (χ2n) is 6.76. The van der Waals surface area contributed by atoms with Crippen LogP contribution >= 0.6 is 0 Å². The van der Waals surface area contributed by atoms with E-state index in [1.165, 1.54) is 24.8 Å². The van der Waals surface area contributed by atoms with Gasteiger partial charge in [0.15, 0.2) is 0 Å². The molecule has 2 heterocycles. The van der Waals surface area contributed by atoms with E-state index in [4.69, 9.17) is 9.47 Å². The minimum absolute atomic E-state index is 0.458. The molecule has 24 heavy (non-hydrogen) atoms. The highest BCUT2D eigenvalue weighted by Gasteiger charge is 2.35. The van der Waals surface area contributed by atoms with Crippen molar-refractivity contribution in [1.82, 2.24) is 14.5 Å². The van der Waals surface area contributed by atoms with Crippen LogP contribution in [0.2, 0.25) is 0 Å². The van der Waals surface area contributed by atoms with Gasteiger partial charge in [0.25, 0.3) is 0 Å². The number of aryl methyl sites for hydroxylation is 1. The van der Waals surface area contributed by atoms with Gasteiger partial charge < -0.3 is 14.0 Å². The van der Waals surface area contributed by atoms with Crippen molar-refractivity contribution < 1.29 is 9.47 Å². The van der Waals surface area contributed by atoms with Crippen molar-refractivity contribution in [3.63, 3.8) is 0 Å². The average Bonchev–Trinajstić information content (AvgIpc) is 3.24. The quantitative estimate of drug-likeness (QED) is 0.846. The smallest absolute Gasteiger partial charge is 0.146 e. The molecule has 2 fully saturated rings. The van der Waals surface area contributed by atoms with Crippen molar-refractivity contribution in [2.75, 3.05) is 13.2 Å². The first-order valence-corrected chi connectivity index (χ1v) is 8.83. The van der Waals surface area contributed by atoms with E-state index in [9.17, 15) is 0 Å². The summed E-state index contributed by atoms with van der Waals surface area (Å²) in [5.41, 5.74) is 1.34. The van der Waals surface area contributed by atoms with Crippen LogP contribution in [0.5, 0.6) is 5.75 Å². The lowest BCUT2D eigenvalue weighted by Gasteiger charge is -2.37. The van der Waals surface area contributed by atoms with Crippen molar-refractivity contribution in [3.8, 4) is 5.75 Å². The summed E-state index contributed by atoms with van der Waals surface area (Å²) in [6.07, 6.45) is 7.97. The van der Waals surface area contributed by atoms with E-state index in [0.29, 0.717) is 18.8 Å². The second kappa shape index (κ2) is 6.95. The third-order valence-electron chi connectivity index (χ3n) is 5.20. The Morgan fingerprint density at radius 3 is 2.92 bits per heavy atom. The van der Waals surface area contributed by atoms with Gasteiger partial charge in [0.2, 0.25) is 0 Å². The molecule has 0 amide bonds. The Hall–Kier alpha value is -1.85. The molecule has 1 aromatic heterocycles. The van der Waals surface area contributed by atoms with Gasteiger partial charge in [-0.25, -0.2) is 4.98 Å². The van der Waals surface area contributed by atoms with Gasteiger partial charge in [0.1, 0.15) is 18.2 Å². The molecule has 0 radical (unpaired) electrons. The van der Waals surface area contributed by atoms with Gasteiger partial charge in [-0.15, -0.1) is 0 Å². The van der Waals surface area contributed by atoms with Gasteiger partial charge >= 0.3 is 0 Å². The molecule has 1 aromatic carbocycles. The standard InChI is InChI=1S/C19H25N3O2/c1-21-10-9-20-19(21)14-24-16-7-5-15(6-8-16)13-22-11-12-23-18-4-2-3-17(18)22/h5-10,17-18H,2-4,11-14H2,1H3. The largest absolute Gasteiger partial charge is 0.486 e. The maximum Gasteiger partial charge on any atom is 0.146 e. The molecule has 2 aromatic rings. The van der Waals surface area contributed by atoms with Crippen LogP contribution in [0.4, 0.5) is 0 Å². The van der Waals surface area contributed by atoms with Gasteiger partial charge in [-0.05, 0) is 37.0 Å². The first kappa shape index (κ1) is 15.7. The van der Waals surface area contributed by atoms with Crippen LogP contribution in [0, 0.1) is 0 Å². The van der Waals surface area contributed by atoms with Crippen LogP contribution in [0.3, 0.4) is 0 Å². The van der Waals surface area contributed by atoms with Crippen LogP contribution in [0.25, 0.3) is 0 Å². The number of imidazole rings is 1. The van der Waals surface area contributed by atoms with E-state index in [-0.39, 0.29) is 0 Å². The van der Waals surface area contributed by atoms with Crippen molar-refractivity contribution in [2.24, 2.45) is 7.05 Å². The SMILES string of the molecule is Cn1ccnc1COc1ccc(CN2CCOC3CCCC32)cc1. The molecule has 1 aliphatic heterocycles. The summed E-state index contributed by atoms with van der Waals surface area (Å²) in [5, 5.41) is 0. The molecular formula is C19H25N3O2. The molecule has 1 saturated heterocycles. The van der Waals surface area contributed by atoms with Crippen LogP contribution < -0.4 is 4.74 Å². The maximum atomic E-state index is 5.90. The number of hydrogen-bond donors (Lipinski definition) is 0. The lowest BCUT2D eigenvalue weighted by molar-refractivity contribution is -0.0588. The molecule has 0 spiro atoms. The van der Waals surface area contributed by atoms with Crippen molar-refractivity contribution in [1.29, 1.82) is 0 Å². The van der Waals surface area contributed by atoms with Gasteiger partial charge in [-0.3, -0.25) is 4.90 Å². The van der Waals surface area contributed by atoms with Gasteiger partial charge in [-0.2, -0.15) is 0 Å². The predicted octanol–water partition coefficient (Wildman–Crippen LogP) is 2.75. The zero-order chi connectivity index (χ0) is 16.4. The molecule has 2 unspecified atom stereocenters. The summed E-state index contributed by atoms with van der Waals surface area (Å²) in [4.78, 5) is 6.86. The number of nitrogens with zero attached hydrogens (tertiary/aromatic N) is 3. The van der Waals surface area contributed by atoms with Crippen LogP contribution in [-0.4, -0.2) is 39.7 Å². The van der Waals surface area contributed by atoms with E-state index in [1.54, 1.807) is 6.20 Å². The fourth-order valence-electron chi connectivity index (χ4n) is 3.81. The van der Waals surface area contributed by atoms with Crippen molar-refractivity contribution >= 4 is 0 Å². The molecule has 0 bridgehead atoms. The fraction of sp³-hybridized carbons (Fsp3) is 0.526. The van der Waals surface area contributed by atoms with E-state index in [1.807, 2.05) is 17.8 Å². The Labute approximate surface area is 143 Å². The topological polar surface area (TPSA) is 39.5 Å². The lowest BCUT2D eigenvalue weighted by Crippen LogP contribution is -2.47. The van der Waals surface area contributed by atoms with Crippen molar-refractivity contribution in [3.05, 3.63) is 48.0 Å². The first-order valence-electron chi connectivity index (χ1n) is 8.83. The number of benzene rings is 1. The summed E-state index contributed by atoms with van der Waals surface area (Å²) in [5.74, 6) is 1.82. The lowest BCUT2D eigenvalue weighted by atomic mass is 10.1.